The molecule has 2 amide bonds. The molecule has 0 aliphatic carbocycles. The maximum atomic E-state index is 12.8. The van der Waals surface area contributed by atoms with Crippen LogP contribution >= 0.6 is 0 Å². The number of carbonyl (C=O) groups excluding carboxylic acids is 3. The third-order valence-electron chi connectivity index (χ3n) is 4.55. The third-order valence-corrected chi connectivity index (χ3v) is 4.55. The number of carbonyl (C=O) groups is 3. The summed E-state index contributed by atoms with van der Waals surface area (Å²) in [5.74, 6) is -1.56. The van der Waals surface area contributed by atoms with Crippen LogP contribution in [0, 0.1) is 10.1 Å². The van der Waals surface area contributed by atoms with Crippen LogP contribution in [0.4, 0.5) is 11.4 Å². The first-order valence-electron chi connectivity index (χ1n) is 9.13. The number of nitrogens with one attached hydrogen (secondary N) is 1. The number of likely N-dealkylation sites (N-methyl/N-ethyl adjacent to an activating group) is 1. The Bertz CT molecular complexity index is 1040. The highest BCUT2D eigenvalue weighted by Crippen LogP contribution is 2.33. The highest BCUT2D eigenvalue weighted by molar-refractivity contribution is 6.00. The summed E-state index contributed by atoms with van der Waals surface area (Å²) in [5.41, 5.74) is -0.0821. The van der Waals surface area contributed by atoms with Crippen molar-refractivity contribution in [2.75, 3.05) is 32.2 Å². The van der Waals surface area contributed by atoms with Crippen LogP contribution in [0.15, 0.2) is 42.5 Å². The van der Waals surface area contributed by atoms with E-state index in [1.807, 2.05) is 0 Å². The van der Waals surface area contributed by atoms with Gasteiger partial charge in [-0.05, 0) is 18.2 Å². The molecule has 0 saturated carbocycles. The molecule has 162 valence electrons. The number of nitro groups is 1. The van der Waals surface area contributed by atoms with Gasteiger partial charge in [0.1, 0.15) is 17.1 Å². The number of anilines is 1. The van der Waals surface area contributed by atoms with Gasteiger partial charge in [-0.25, -0.2) is 4.79 Å². The lowest BCUT2D eigenvalue weighted by Crippen LogP contribution is -2.51. The number of para-hydroxylation sites is 2. The van der Waals surface area contributed by atoms with Gasteiger partial charge in [0, 0.05) is 19.2 Å². The number of fused-ring (bicyclic) bond motifs is 1. The average molecular weight is 429 g/mol. The molecule has 31 heavy (non-hydrogen) atoms. The third kappa shape index (κ3) is 4.55. The molecule has 1 heterocycles. The van der Waals surface area contributed by atoms with Gasteiger partial charge in [-0.3, -0.25) is 19.7 Å². The fraction of sp³-hybridized carbons (Fsp3) is 0.250. The highest BCUT2D eigenvalue weighted by Gasteiger charge is 2.33. The van der Waals surface area contributed by atoms with Gasteiger partial charge in [0.05, 0.1) is 24.3 Å². The van der Waals surface area contributed by atoms with E-state index in [9.17, 15) is 24.5 Å². The van der Waals surface area contributed by atoms with Crippen molar-refractivity contribution in [3.8, 4) is 11.5 Å². The van der Waals surface area contributed by atoms with Crippen LogP contribution in [0.2, 0.25) is 0 Å². The quantitative estimate of drug-likeness (QED) is 0.412. The number of hydrogen-bond donors (Lipinski definition) is 1. The summed E-state index contributed by atoms with van der Waals surface area (Å²) < 4.78 is 15.8. The maximum absolute atomic E-state index is 12.8. The number of ether oxygens (including phenoxy) is 3. The average Bonchev–Trinajstić information content (AvgIpc) is 2.80. The fourth-order valence-electron chi connectivity index (χ4n) is 3.02. The maximum Gasteiger partial charge on any atom is 0.342 e. The van der Waals surface area contributed by atoms with Crippen LogP contribution < -0.4 is 19.7 Å². The van der Waals surface area contributed by atoms with Gasteiger partial charge in [0.2, 0.25) is 0 Å². The second kappa shape index (κ2) is 9.11. The first kappa shape index (κ1) is 21.6. The van der Waals surface area contributed by atoms with E-state index in [-0.39, 0.29) is 23.5 Å². The monoisotopic (exact) mass is 429 g/mol. The largest absolute Gasteiger partial charge is 0.496 e. The van der Waals surface area contributed by atoms with Crippen LogP contribution in [0.1, 0.15) is 10.4 Å². The molecule has 2 aromatic carbocycles. The first-order chi connectivity index (χ1) is 14.8. The number of rotatable bonds is 6. The van der Waals surface area contributed by atoms with Gasteiger partial charge >= 0.3 is 5.97 Å². The number of methoxy groups -OCH3 is 1. The van der Waals surface area contributed by atoms with Crippen molar-refractivity contribution in [2.24, 2.45) is 0 Å². The Kier molecular flexibility index (Phi) is 6.34. The van der Waals surface area contributed by atoms with E-state index in [0.29, 0.717) is 11.4 Å². The molecule has 0 saturated heterocycles. The Hall–Kier alpha value is -4.15. The molecular formula is C20H19N3O8. The molecule has 1 aliphatic heterocycles. The zero-order valence-corrected chi connectivity index (χ0v) is 16.7. The van der Waals surface area contributed by atoms with E-state index in [1.165, 1.54) is 31.2 Å². The SMILES string of the molecule is CNC(=O)C1CN(C(=O)COC(=O)c2cc([N+](=O)[O-])ccc2OC)c2ccccc2O1. The molecule has 1 unspecified atom stereocenters. The molecule has 11 heteroatoms. The summed E-state index contributed by atoms with van der Waals surface area (Å²) in [7, 11) is 2.75. The second-order valence-electron chi connectivity index (χ2n) is 6.41. The Morgan fingerprint density at radius 1 is 1.26 bits per heavy atom. The van der Waals surface area contributed by atoms with Crippen LogP contribution in [-0.2, 0) is 14.3 Å². The molecule has 1 aliphatic rings. The molecule has 0 radical (unpaired) electrons. The Morgan fingerprint density at radius 2 is 2.00 bits per heavy atom. The van der Waals surface area contributed by atoms with Crippen LogP contribution in [0.3, 0.4) is 0 Å². The summed E-state index contributed by atoms with van der Waals surface area (Å²) in [6.45, 7) is -0.729. The van der Waals surface area contributed by atoms with Gasteiger partial charge in [-0.15, -0.1) is 0 Å². The lowest BCUT2D eigenvalue weighted by atomic mass is 10.1. The Balaban J connectivity index is 1.77. The number of hydrogen-bond acceptors (Lipinski definition) is 8. The number of amides is 2. The van der Waals surface area contributed by atoms with Crippen molar-refractivity contribution in [3.63, 3.8) is 0 Å². The number of benzene rings is 2. The van der Waals surface area contributed by atoms with Crippen molar-refractivity contribution < 1.29 is 33.5 Å². The van der Waals surface area contributed by atoms with Crippen LogP contribution in [0.25, 0.3) is 0 Å². The number of esters is 1. The lowest BCUT2D eigenvalue weighted by Gasteiger charge is -2.33. The topological polar surface area (TPSA) is 137 Å². The molecule has 1 N–H and O–H groups in total. The van der Waals surface area contributed by atoms with E-state index in [0.717, 1.165) is 6.07 Å². The van der Waals surface area contributed by atoms with Gasteiger partial charge in [-0.1, -0.05) is 12.1 Å². The smallest absolute Gasteiger partial charge is 0.342 e. The summed E-state index contributed by atoms with van der Waals surface area (Å²) >= 11 is 0. The van der Waals surface area contributed by atoms with Crippen molar-refractivity contribution in [1.29, 1.82) is 0 Å². The molecular weight excluding hydrogens is 410 g/mol. The van der Waals surface area contributed by atoms with Gasteiger partial charge in [0.25, 0.3) is 17.5 Å². The van der Waals surface area contributed by atoms with Gasteiger partial charge in [0.15, 0.2) is 12.7 Å². The molecule has 1 atom stereocenters. The first-order valence-corrected chi connectivity index (χ1v) is 9.13. The van der Waals surface area contributed by atoms with Crippen molar-refractivity contribution >= 4 is 29.2 Å². The summed E-state index contributed by atoms with van der Waals surface area (Å²) in [4.78, 5) is 48.9. The van der Waals surface area contributed by atoms with Gasteiger partial charge < -0.3 is 24.4 Å². The minimum atomic E-state index is -0.960. The van der Waals surface area contributed by atoms with Gasteiger partial charge in [-0.2, -0.15) is 0 Å². The predicted molar refractivity (Wildman–Crippen MR) is 107 cm³/mol. The Morgan fingerprint density at radius 3 is 2.68 bits per heavy atom. The Labute approximate surface area is 176 Å². The zero-order valence-electron chi connectivity index (χ0n) is 16.7. The van der Waals surface area contributed by atoms with Crippen molar-refractivity contribution in [2.45, 2.75) is 6.10 Å². The molecule has 0 fully saturated rings. The summed E-state index contributed by atoms with van der Waals surface area (Å²) in [5, 5.41) is 13.5. The minimum absolute atomic E-state index is 0.0689. The molecule has 11 nitrogen and oxygen atoms in total. The van der Waals surface area contributed by atoms with E-state index >= 15 is 0 Å². The molecule has 0 spiro atoms. The number of non-ortho nitro benzene ring substituents is 1. The van der Waals surface area contributed by atoms with E-state index in [4.69, 9.17) is 14.2 Å². The second-order valence-corrected chi connectivity index (χ2v) is 6.41. The molecule has 0 aromatic heterocycles. The minimum Gasteiger partial charge on any atom is -0.496 e. The summed E-state index contributed by atoms with van der Waals surface area (Å²) in [6, 6.07) is 10.1. The normalized spacial score (nSPS) is 14.6. The van der Waals surface area contributed by atoms with Crippen molar-refractivity contribution in [3.05, 3.63) is 58.1 Å². The molecule has 0 bridgehead atoms. The van der Waals surface area contributed by atoms with Crippen LogP contribution in [0.5, 0.6) is 11.5 Å². The number of nitrogens with zero attached hydrogens (tertiary/aromatic N) is 2. The lowest BCUT2D eigenvalue weighted by molar-refractivity contribution is -0.384. The fourth-order valence-corrected chi connectivity index (χ4v) is 3.02. The standard InChI is InChI=1S/C20H19N3O8/c1-21-19(25)17-10-22(14-5-3-4-6-16(14)31-17)18(24)11-30-20(26)13-9-12(23(27)28)7-8-15(13)29-2/h3-9,17H,10-11H2,1-2H3,(H,21,25). The van der Waals surface area contributed by atoms with E-state index in [1.54, 1.807) is 24.3 Å². The molecule has 2 aromatic rings. The van der Waals surface area contributed by atoms with E-state index in [2.05, 4.69) is 5.32 Å². The predicted octanol–water partition coefficient (Wildman–Crippen LogP) is 1.30. The van der Waals surface area contributed by atoms with Crippen LogP contribution in [-0.4, -0.2) is 56.1 Å². The highest BCUT2D eigenvalue weighted by atomic mass is 16.6. The molecule has 3 rings (SSSR count). The van der Waals surface area contributed by atoms with Crippen molar-refractivity contribution in [1.82, 2.24) is 5.32 Å². The van der Waals surface area contributed by atoms with E-state index < -0.39 is 35.4 Å². The zero-order chi connectivity index (χ0) is 22.5. The number of nitro benzene ring substituents is 1. The summed E-state index contributed by atoms with van der Waals surface area (Å²) in [6.07, 6.45) is -0.934.